The summed E-state index contributed by atoms with van der Waals surface area (Å²) in [7, 11) is 0. The summed E-state index contributed by atoms with van der Waals surface area (Å²) in [6.45, 7) is 2.07. The van der Waals surface area contributed by atoms with Crippen molar-refractivity contribution < 1.29 is 4.52 Å². The molecule has 2 aromatic rings. The van der Waals surface area contributed by atoms with Crippen LogP contribution in [-0.2, 0) is 6.42 Å². The summed E-state index contributed by atoms with van der Waals surface area (Å²) in [5, 5.41) is 4.37. The molecule has 0 bridgehead atoms. The van der Waals surface area contributed by atoms with Crippen LogP contribution in [0.1, 0.15) is 19.2 Å². The molecule has 0 amide bonds. The molecule has 5 heteroatoms. The number of hydrogen-bond acceptors (Lipinski definition) is 4. The highest BCUT2D eigenvalue weighted by atomic mass is 35.5. The number of aromatic nitrogens is 2. The van der Waals surface area contributed by atoms with Crippen molar-refractivity contribution in [3.63, 3.8) is 0 Å². The maximum atomic E-state index is 5.92. The molecule has 0 unspecified atom stereocenters. The summed E-state index contributed by atoms with van der Waals surface area (Å²) in [4.78, 5) is 4.26. The lowest BCUT2D eigenvalue weighted by molar-refractivity contribution is 0.422. The molecule has 84 valence electrons. The summed E-state index contributed by atoms with van der Waals surface area (Å²) in [5.74, 6) is 1.19. The molecule has 2 N–H and O–H groups in total. The minimum atomic E-state index is 0.477. The van der Waals surface area contributed by atoms with Gasteiger partial charge in [-0.2, -0.15) is 4.98 Å². The first-order valence-electron chi connectivity index (χ1n) is 5.08. The van der Waals surface area contributed by atoms with Gasteiger partial charge in [-0.05, 0) is 24.6 Å². The standard InChI is InChI=1S/C11H12ClN3O/c1-2-3-10-14-11(16-15-10)7-4-5-9(13)8(12)6-7/h4-6H,2-3,13H2,1H3. The smallest absolute Gasteiger partial charge is 0.257 e. The first kappa shape index (κ1) is 11.0. The number of anilines is 1. The molecule has 16 heavy (non-hydrogen) atoms. The monoisotopic (exact) mass is 237 g/mol. The van der Waals surface area contributed by atoms with Gasteiger partial charge >= 0.3 is 0 Å². The molecule has 0 saturated carbocycles. The number of aryl methyl sites for hydroxylation is 1. The van der Waals surface area contributed by atoms with Crippen LogP contribution in [0.2, 0.25) is 5.02 Å². The molecule has 0 atom stereocenters. The number of nitrogens with two attached hydrogens (primary N) is 1. The van der Waals surface area contributed by atoms with Crippen molar-refractivity contribution in [2.45, 2.75) is 19.8 Å². The molecule has 1 aromatic heterocycles. The molecular formula is C11H12ClN3O. The average molecular weight is 238 g/mol. The molecule has 0 aliphatic heterocycles. The fourth-order valence-corrected chi connectivity index (χ4v) is 1.54. The molecule has 1 aromatic carbocycles. The van der Waals surface area contributed by atoms with E-state index in [2.05, 4.69) is 17.1 Å². The van der Waals surface area contributed by atoms with Crippen molar-refractivity contribution in [1.29, 1.82) is 0 Å². The number of halogens is 1. The zero-order valence-corrected chi connectivity index (χ0v) is 9.66. The fraction of sp³-hybridized carbons (Fsp3) is 0.273. The Bertz CT molecular complexity index is 496. The van der Waals surface area contributed by atoms with E-state index in [9.17, 15) is 0 Å². The predicted molar refractivity (Wildman–Crippen MR) is 63.2 cm³/mol. The predicted octanol–water partition coefficient (Wildman–Crippen LogP) is 2.92. The number of rotatable bonds is 3. The molecule has 0 spiro atoms. The van der Waals surface area contributed by atoms with Crippen molar-refractivity contribution in [2.75, 3.05) is 5.73 Å². The van der Waals surface area contributed by atoms with Gasteiger partial charge in [-0.1, -0.05) is 23.7 Å². The lowest BCUT2D eigenvalue weighted by Gasteiger charge is -1.98. The molecule has 2 rings (SSSR count). The van der Waals surface area contributed by atoms with Gasteiger partial charge in [-0.15, -0.1) is 0 Å². The second-order valence-electron chi connectivity index (χ2n) is 3.50. The van der Waals surface area contributed by atoms with Crippen molar-refractivity contribution in [3.8, 4) is 11.5 Å². The van der Waals surface area contributed by atoms with Crippen LogP contribution in [0, 0.1) is 0 Å². The lowest BCUT2D eigenvalue weighted by atomic mass is 10.2. The van der Waals surface area contributed by atoms with Crippen molar-refractivity contribution >= 4 is 17.3 Å². The molecular weight excluding hydrogens is 226 g/mol. The summed E-state index contributed by atoms with van der Waals surface area (Å²) in [6, 6.07) is 5.26. The third-order valence-corrected chi connectivity index (χ3v) is 2.52. The van der Waals surface area contributed by atoms with E-state index in [1.807, 2.05) is 6.07 Å². The zero-order chi connectivity index (χ0) is 11.5. The highest BCUT2D eigenvalue weighted by Gasteiger charge is 2.09. The minimum absolute atomic E-state index is 0.477. The van der Waals surface area contributed by atoms with Crippen LogP contribution in [0.15, 0.2) is 22.7 Å². The van der Waals surface area contributed by atoms with Crippen molar-refractivity contribution in [1.82, 2.24) is 10.1 Å². The normalized spacial score (nSPS) is 10.6. The van der Waals surface area contributed by atoms with Gasteiger partial charge < -0.3 is 10.3 Å². The van der Waals surface area contributed by atoms with Gasteiger partial charge in [-0.3, -0.25) is 0 Å². The van der Waals surface area contributed by atoms with Crippen LogP contribution in [-0.4, -0.2) is 10.1 Å². The zero-order valence-electron chi connectivity index (χ0n) is 8.90. The van der Waals surface area contributed by atoms with E-state index in [1.165, 1.54) is 0 Å². The van der Waals surface area contributed by atoms with Crippen LogP contribution in [0.25, 0.3) is 11.5 Å². The molecule has 0 aliphatic rings. The molecule has 4 nitrogen and oxygen atoms in total. The number of hydrogen-bond donors (Lipinski definition) is 1. The SMILES string of the molecule is CCCc1noc(-c2ccc(N)c(Cl)c2)n1. The Labute approximate surface area is 98.4 Å². The fourth-order valence-electron chi connectivity index (χ4n) is 1.36. The van der Waals surface area contributed by atoms with E-state index < -0.39 is 0 Å². The third-order valence-electron chi connectivity index (χ3n) is 2.19. The number of nitrogens with zero attached hydrogens (tertiary/aromatic N) is 2. The van der Waals surface area contributed by atoms with E-state index in [-0.39, 0.29) is 0 Å². The second-order valence-corrected chi connectivity index (χ2v) is 3.91. The average Bonchev–Trinajstić information content (AvgIpc) is 2.71. The first-order chi connectivity index (χ1) is 7.70. The summed E-state index contributed by atoms with van der Waals surface area (Å²) >= 11 is 5.92. The Kier molecular flexibility index (Phi) is 3.10. The summed E-state index contributed by atoms with van der Waals surface area (Å²) in [5.41, 5.74) is 6.95. The molecule has 0 radical (unpaired) electrons. The van der Waals surface area contributed by atoms with E-state index >= 15 is 0 Å². The highest BCUT2D eigenvalue weighted by molar-refractivity contribution is 6.33. The van der Waals surface area contributed by atoms with E-state index in [1.54, 1.807) is 12.1 Å². The Balaban J connectivity index is 2.31. The Hall–Kier alpha value is -1.55. The quantitative estimate of drug-likeness (QED) is 0.834. The van der Waals surface area contributed by atoms with Gasteiger partial charge in [0.05, 0.1) is 10.7 Å². The number of nitrogen functional groups attached to an aromatic ring is 1. The molecule has 0 saturated heterocycles. The van der Waals surface area contributed by atoms with Crippen LogP contribution in [0.4, 0.5) is 5.69 Å². The van der Waals surface area contributed by atoms with Gasteiger partial charge in [0.1, 0.15) is 0 Å². The van der Waals surface area contributed by atoms with Gasteiger partial charge in [0.25, 0.3) is 5.89 Å². The molecule has 0 fully saturated rings. The van der Waals surface area contributed by atoms with Crippen LogP contribution < -0.4 is 5.73 Å². The first-order valence-corrected chi connectivity index (χ1v) is 5.46. The van der Waals surface area contributed by atoms with Crippen molar-refractivity contribution in [3.05, 3.63) is 29.0 Å². The second kappa shape index (κ2) is 4.53. The maximum absolute atomic E-state index is 5.92. The van der Waals surface area contributed by atoms with Crippen LogP contribution in [0.5, 0.6) is 0 Å². The van der Waals surface area contributed by atoms with Gasteiger partial charge in [0.15, 0.2) is 5.82 Å². The topological polar surface area (TPSA) is 64.9 Å². The minimum Gasteiger partial charge on any atom is -0.398 e. The Morgan fingerprint density at radius 3 is 2.94 bits per heavy atom. The third kappa shape index (κ3) is 2.17. The van der Waals surface area contributed by atoms with E-state index in [0.717, 1.165) is 18.4 Å². The van der Waals surface area contributed by atoms with Crippen LogP contribution in [0.3, 0.4) is 0 Å². The van der Waals surface area contributed by atoms with E-state index in [4.69, 9.17) is 21.9 Å². The lowest BCUT2D eigenvalue weighted by Crippen LogP contribution is -1.88. The highest BCUT2D eigenvalue weighted by Crippen LogP contribution is 2.25. The number of benzene rings is 1. The van der Waals surface area contributed by atoms with E-state index in [0.29, 0.717) is 22.4 Å². The molecule has 0 aliphatic carbocycles. The van der Waals surface area contributed by atoms with Gasteiger partial charge in [0, 0.05) is 12.0 Å². The Morgan fingerprint density at radius 2 is 2.25 bits per heavy atom. The van der Waals surface area contributed by atoms with Crippen LogP contribution >= 0.6 is 11.6 Å². The van der Waals surface area contributed by atoms with Gasteiger partial charge in [-0.25, -0.2) is 0 Å². The van der Waals surface area contributed by atoms with Gasteiger partial charge in [0.2, 0.25) is 0 Å². The van der Waals surface area contributed by atoms with Crippen molar-refractivity contribution in [2.24, 2.45) is 0 Å². The Morgan fingerprint density at radius 1 is 1.44 bits per heavy atom. The summed E-state index contributed by atoms with van der Waals surface area (Å²) < 4.78 is 5.14. The maximum Gasteiger partial charge on any atom is 0.257 e. The molecule has 1 heterocycles. The largest absolute Gasteiger partial charge is 0.398 e. The summed E-state index contributed by atoms with van der Waals surface area (Å²) in [6.07, 6.45) is 1.80.